The number of carbonyl (C=O) groups is 1. The summed E-state index contributed by atoms with van der Waals surface area (Å²) < 4.78 is 29.1. The van der Waals surface area contributed by atoms with Gasteiger partial charge in [-0.1, -0.05) is 0 Å². The molecule has 1 aromatic rings. The number of pyridine rings is 1. The number of rotatable bonds is 6. The number of hydrogen-bond acceptors (Lipinski definition) is 4. The summed E-state index contributed by atoms with van der Waals surface area (Å²) in [6.07, 6.45) is -1.16. The van der Waals surface area contributed by atoms with Crippen LogP contribution in [0.15, 0.2) is 18.3 Å². The lowest BCUT2D eigenvalue weighted by molar-refractivity contribution is 0.0789. The molecule has 19 heavy (non-hydrogen) atoms. The molecule has 0 unspecified atom stereocenters. The molecule has 2 N–H and O–H groups in total. The zero-order chi connectivity index (χ0) is 13.7. The largest absolute Gasteiger partial charge is 0.485 e. The normalized spacial score (nSPS) is 15.1. The number of alkyl halides is 2. The Balaban J connectivity index is 1.94. The van der Waals surface area contributed by atoms with Gasteiger partial charge in [-0.15, -0.1) is 0 Å². The molecule has 1 aliphatic rings. The number of halogens is 2. The van der Waals surface area contributed by atoms with Crippen LogP contribution in [0.3, 0.4) is 0 Å². The highest BCUT2D eigenvalue weighted by Gasteiger charge is 2.20. The van der Waals surface area contributed by atoms with Crippen molar-refractivity contribution in [3.05, 3.63) is 24.0 Å². The van der Waals surface area contributed by atoms with E-state index in [0.717, 1.165) is 13.1 Å². The van der Waals surface area contributed by atoms with Gasteiger partial charge in [-0.2, -0.15) is 0 Å². The molecule has 2 heterocycles. The maximum atomic E-state index is 12.1. The molecule has 1 saturated heterocycles. The van der Waals surface area contributed by atoms with E-state index in [1.165, 1.54) is 18.3 Å². The van der Waals surface area contributed by atoms with Crippen LogP contribution < -0.4 is 15.4 Å². The molecule has 2 rings (SSSR count). The smallest absolute Gasteiger partial charge is 0.273 e. The first kappa shape index (κ1) is 13.7. The van der Waals surface area contributed by atoms with E-state index in [9.17, 15) is 13.6 Å². The SMILES string of the molecule is O=C(NCC1CNC1)c1ncccc1OCC(F)F. The van der Waals surface area contributed by atoms with Crippen molar-refractivity contribution in [2.75, 3.05) is 26.2 Å². The highest BCUT2D eigenvalue weighted by molar-refractivity contribution is 5.94. The highest BCUT2D eigenvalue weighted by atomic mass is 19.3. The van der Waals surface area contributed by atoms with E-state index < -0.39 is 18.9 Å². The first-order valence-corrected chi connectivity index (χ1v) is 6.01. The lowest BCUT2D eigenvalue weighted by atomic mass is 10.0. The van der Waals surface area contributed by atoms with Crippen molar-refractivity contribution in [2.24, 2.45) is 5.92 Å². The van der Waals surface area contributed by atoms with Crippen LogP contribution in [0.4, 0.5) is 8.78 Å². The number of carbonyl (C=O) groups excluding carboxylic acids is 1. The third kappa shape index (κ3) is 3.85. The Morgan fingerprint density at radius 1 is 1.58 bits per heavy atom. The number of hydrogen-bond donors (Lipinski definition) is 2. The van der Waals surface area contributed by atoms with Crippen molar-refractivity contribution in [1.82, 2.24) is 15.6 Å². The van der Waals surface area contributed by atoms with Crippen LogP contribution in [0.2, 0.25) is 0 Å². The molecule has 1 amide bonds. The number of amides is 1. The van der Waals surface area contributed by atoms with Gasteiger partial charge in [-0.3, -0.25) is 4.79 Å². The number of nitrogens with zero attached hydrogens (tertiary/aromatic N) is 1. The van der Waals surface area contributed by atoms with Crippen molar-refractivity contribution >= 4 is 5.91 Å². The summed E-state index contributed by atoms with van der Waals surface area (Å²) in [4.78, 5) is 15.8. The third-order valence-electron chi connectivity index (χ3n) is 2.77. The fourth-order valence-electron chi connectivity index (χ4n) is 1.64. The van der Waals surface area contributed by atoms with E-state index in [1.807, 2.05) is 0 Å². The molecule has 0 radical (unpaired) electrons. The Hall–Kier alpha value is -1.76. The van der Waals surface area contributed by atoms with Gasteiger partial charge < -0.3 is 15.4 Å². The van der Waals surface area contributed by atoms with E-state index in [0.29, 0.717) is 12.5 Å². The molecule has 1 aromatic heterocycles. The first-order valence-electron chi connectivity index (χ1n) is 6.01. The van der Waals surface area contributed by atoms with Gasteiger partial charge in [-0.25, -0.2) is 13.8 Å². The maximum Gasteiger partial charge on any atom is 0.273 e. The zero-order valence-corrected chi connectivity index (χ0v) is 10.2. The Morgan fingerprint density at radius 2 is 2.37 bits per heavy atom. The minimum absolute atomic E-state index is 0.0374. The summed E-state index contributed by atoms with van der Waals surface area (Å²) in [7, 11) is 0. The van der Waals surface area contributed by atoms with Gasteiger partial charge in [0.2, 0.25) is 0 Å². The van der Waals surface area contributed by atoms with Gasteiger partial charge in [0.25, 0.3) is 12.3 Å². The monoisotopic (exact) mass is 271 g/mol. The molecule has 0 atom stereocenters. The predicted octanol–water partition coefficient (Wildman–Crippen LogP) is 0.675. The summed E-state index contributed by atoms with van der Waals surface area (Å²) in [5.41, 5.74) is 0.0374. The molecule has 0 aliphatic carbocycles. The van der Waals surface area contributed by atoms with E-state index in [1.54, 1.807) is 0 Å². The van der Waals surface area contributed by atoms with E-state index >= 15 is 0 Å². The topological polar surface area (TPSA) is 63.2 Å². The van der Waals surface area contributed by atoms with Crippen LogP contribution in [-0.4, -0.2) is 43.6 Å². The van der Waals surface area contributed by atoms with Crippen LogP contribution in [0.5, 0.6) is 5.75 Å². The van der Waals surface area contributed by atoms with Crippen molar-refractivity contribution in [3.63, 3.8) is 0 Å². The molecule has 0 spiro atoms. The van der Waals surface area contributed by atoms with Gasteiger partial charge in [0, 0.05) is 31.7 Å². The van der Waals surface area contributed by atoms with Gasteiger partial charge >= 0.3 is 0 Å². The lowest BCUT2D eigenvalue weighted by Gasteiger charge is -2.27. The van der Waals surface area contributed by atoms with Gasteiger partial charge in [0.05, 0.1) is 0 Å². The van der Waals surface area contributed by atoms with E-state index in [2.05, 4.69) is 15.6 Å². The standard InChI is InChI=1S/C12H15F2N3O2/c13-10(14)7-19-9-2-1-3-16-11(9)12(18)17-6-8-4-15-5-8/h1-3,8,10,15H,4-7H2,(H,17,18). The molecule has 1 aliphatic heterocycles. The summed E-state index contributed by atoms with van der Waals surface area (Å²) in [5, 5.41) is 5.81. The molecule has 7 heteroatoms. The van der Waals surface area contributed by atoms with Gasteiger partial charge in [0.15, 0.2) is 11.4 Å². The van der Waals surface area contributed by atoms with Crippen molar-refractivity contribution < 1.29 is 18.3 Å². The Morgan fingerprint density at radius 3 is 3.00 bits per heavy atom. The zero-order valence-electron chi connectivity index (χ0n) is 10.2. The van der Waals surface area contributed by atoms with E-state index in [-0.39, 0.29) is 11.4 Å². The van der Waals surface area contributed by atoms with Crippen molar-refractivity contribution in [2.45, 2.75) is 6.43 Å². The molecule has 5 nitrogen and oxygen atoms in total. The fourth-order valence-corrected chi connectivity index (χ4v) is 1.64. The predicted molar refractivity (Wildman–Crippen MR) is 64.4 cm³/mol. The van der Waals surface area contributed by atoms with Crippen molar-refractivity contribution in [3.8, 4) is 5.75 Å². The summed E-state index contributed by atoms with van der Waals surface area (Å²) >= 11 is 0. The summed E-state index contributed by atoms with van der Waals surface area (Å²) in [5.74, 6) is 0.0851. The molecular formula is C12H15F2N3O2. The second kappa shape index (κ2) is 6.42. The molecule has 0 saturated carbocycles. The van der Waals surface area contributed by atoms with Crippen LogP contribution in [0.25, 0.3) is 0 Å². The molecular weight excluding hydrogens is 256 g/mol. The minimum Gasteiger partial charge on any atom is -0.485 e. The third-order valence-corrected chi connectivity index (χ3v) is 2.77. The first-order chi connectivity index (χ1) is 9.16. The Kier molecular flexibility index (Phi) is 4.62. The Bertz CT molecular complexity index is 439. The number of ether oxygens (including phenoxy) is 1. The van der Waals surface area contributed by atoms with Crippen LogP contribution >= 0.6 is 0 Å². The molecule has 1 fully saturated rings. The number of nitrogens with one attached hydrogen (secondary N) is 2. The summed E-state index contributed by atoms with van der Waals surface area (Å²) in [6, 6.07) is 2.99. The Labute approximate surface area is 109 Å². The van der Waals surface area contributed by atoms with Crippen LogP contribution in [0.1, 0.15) is 10.5 Å². The highest BCUT2D eigenvalue weighted by Crippen LogP contribution is 2.16. The minimum atomic E-state index is -2.59. The quantitative estimate of drug-likeness (QED) is 0.798. The fraction of sp³-hybridized carbons (Fsp3) is 0.500. The average molecular weight is 271 g/mol. The van der Waals surface area contributed by atoms with Crippen molar-refractivity contribution in [1.29, 1.82) is 0 Å². The second-order valence-corrected chi connectivity index (χ2v) is 4.29. The lowest BCUT2D eigenvalue weighted by Crippen LogP contribution is -2.48. The average Bonchev–Trinajstić information content (AvgIpc) is 2.34. The van der Waals surface area contributed by atoms with Crippen LogP contribution in [0, 0.1) is 5.92 Å². The van der Waals surface area contributed by atoms with Gasteiger partial charge in [-0.05, 0) is 12.1 Å². The molecule has 0 bridgehead atoms. The van der Waals surface area contributed by atoms with Gasteiger partial charge in [0.1, 0.15) is 6.61 Å². The second-order valence-electron chi connectivity index (χ2n) is 4.29. The number of aromatic nitrogens is 1. The van der Waals surface area contributed by atoms with Crippen LogP contribution in [-0.2, 0) is 0 Å². The molecule has 0 aromatic carbocycles. The maximum absolute atomic E-state index is 12.1. The molecule has 104 valence electrons. The summed E-state index contributed by atoms with van der Waals surface area (Å²) in [6.45, 7) is 1.53. The van der Waals surface area contributed by atoms with E-state index in [4.69, 9.17) is 4.74 Å².